The number of rotatable bonds is 9. The van der Waals surface area contributed by atoms with Gasteiger partial charge in [-0.05, 0) is 50.9 Å². The van der Waals surface area contributed by atoms with Gasteiger partial charge in [-0.15, -0.1) is 0 Å². The molecule has 1 aromatic carbocycles. The Morgan fingerprint density at radius 1 is 1.12 bits per heavy atom. The van der Waals surface area contributed by atoms with E-state index in [9.17, 15) is 0 Å². The van der Waals surface area contributed by atoms with Gasteiger partial charge in [-0.25, -0.2) is 0 Å². The molecule has 0 amide bonds. The summed E-state index contributed by atoms with van der Waals surface area (Å²) >= 11 is 0. The topological polar surface area (TPSA) is 48.9 Å². The van der Waals surface area contributed by atoms with Crippen LogP contribution in [0.15, 0.2) is 29.3 Å². The van der Waals surface area contributed by atoms with E-state index in [4.69, 9.17) is 4.74 Å². The van der Waals surface area contributed by atoms with E-state index in [0.717, 1.165) is 37.8 Å². The Hall–Kier alpha value is -1.75. The van der Waals surface area contributed by atoms with Crippen LogP contribution in [0.1, 0.15) is 38.7 Å². The van der Waals surface area contributed by atoms with Crippen LogP contribution in [-0.2, 0) is 0 Å². The van der Waals surface area contributed by atoms with Crippen molar-refractivity contribution in [2.24, 2.45) is 4.99 Å². The molecular formula is C19H34N4O. The molecule has 0 spiro atoms. The van der Waals surface area contributed by atoms with Gasteiger partial charge in [-0.1, -0.05) is 19.1 Å². The maximum atomic E-state index is 5.21. The van der Waals surface area contributed by atoms with Crippen molar-refractivity contribution in [3.63, 3.8) is 0 Å². The second-order valence-corrected chi connectivity index (χ2v) is 6.46. The standard InChI is InChI=1S/C19H34N4O/c1-15(2)23(5)14-13-22-19(20-4)21-12-11-16(3)17-7-9-18(24-6)10-8-17/h7-10,15-16H,11-14H2,1-6H3,(H2,20,21,22). The predicted octanol–water partition coefficient (Wildman–Crippen LogP) is 2.69. The van der Waals surface area contributed by atoms with Gasteiger partial charge < -0.3 is 20.3 Å². The molecule has 0 bridgehead atoms. The van der Waals surface area contributed by atoms with E-state index in [1.807, 2.05) is 19.2 Å². The quantitative estimate of drug-likeness (QED) is 0.538. The fourth-order valence-corrected chi connectivity index (χ4v) is 2.34. The van der Waals surface area contributed by atoms with Gasteiger partial charge >= 0.3 is 0 Å². The number of guanidine groups is 1. The van der Waals surface area contributed by atoms with E-state index in [1.54, 1.807) is 7.11 Å². The van der Waals surface area contributed by atoms with Crippen molar-refractivity contribution in [1.82, 2.24) is 15.5 Å². The maximum Gasteiger partial charge on any atom is 0.191 e. The average Bonchev–Trinajstić information content (AvgIpc) is 2.59. The van der Waals surface area contributed by atoms with Crippen LogP contribution in [0.3, 0.4) is 0 Å². The highest BCUT2D eigenvalue weighted by molar-refractivity contribution is 5.79. The number of ether oxygens (including phenoxy) is 1. The van der Waals surface area contributed by atoms with Gasteiger partial charge in [0.25, 0.3) is 0 Å². The fourth-order valence-electron chi connectivity index (χ4n) is 2.34. The average molecular weight is 335 g/mol. The summed E-state index contributed by atoms with van der Waals surface area (Å²) in [4.78, 5) is 6.59. The molecule has 0 aliphatic carbocycles. The zero-order valence-electron chi connectivity index (χ0n) is 16.1. The summed E-state index contributed by atoms with van der Waals surface area (Å²) in [7, 11) is 5.65. The van der Waals surface area contributed by atoms with Crippen molar-refractivity contribution < 1.29 is 4.74 Å². The first kappa shape index (κ1) is 20.3. The Labute approximate surface area is 147 Å². The Kier molecular flexibility index (Phi) is 9.23. The fraction of sp³-hybridized carbons (Fsp3) is 0.632. The molecule has 1 atom stereocenters. The van der Waals surface area contributed by atoms with Crippen LogP contribution in [0.4, 0.5) is 0 Å². The van der Waals surface area contributed by atoms with Gasteiger partial charge in [0.2, 0.25) is 0 Å². The van der Waals surface area contributed by atoms with Crippen LogP contribution in [0.5, 0.6) is 5.75 Å². The monoisotopic (exact) mass is 334 g/mol. The van der Waals surface area contributed by atoms with Crippen molar-refractivity contribution in [2.75, 3.05) is 40.8 Å². The lowest BCUT2D eigenvalue weighted by Crippen LogP contribution is -2.42. The summed E-state index contributed by atoms with van der Waals surface area (Å²) in [5.41, 5.74) is 1.33. The molecule has 0 saturated heterocycles. The molecule has 0 aromatic heterocycles. The van der Waals surface area contributed by atoms with Crippen LogP contribution in [-0.4, -0.2) is 57.7 Å². The minimum atomic E-state index is 0.494. The summed E-state index contributed by atoms with van der Waals surface area (Å²) < 4.78 is 5.21. The number of nitrogens with zero attached hydrogens (tertiary/aromatic N) is 2. The minimum Gasteiger partial charge on any atom is -0.497 e. The first-order valence-electron chi connectivity index (χ1n) is 8.76. The lowest BCUT2D eigenvalue weighted by atomic mass is 9.98. The molecule has 0 aliphatic rings. The second kappa shape index (κ2) is 10.9. The molecule has 0 saturated carbocycles. The van der Waals surface area contributed by atoms with Crippen LogP contribution in [0.2, 0.25) is 0 Å². The molecule has 1 aromatic rings. The highest BCUT2D eigenvalue weighted by Crippen LogP contribution is 2.21. The third-order valence-electron chi connectivity index (χ3n) is 4.42. The van der Waals surface area contributed by atoms with E-state index >= 15 is 0 Å². The van der Waals surface area contributed by atoms with Crippen molar-refractivity contribution >= 4 is 5.96 Å². The Morgan fingerprint density at radius 3 is 2.29 bits per heavy atom. The zero-order valence-corrected chi connectivity index (χ0v) is 16.1. The number of nitrogens with one attached hydrogen (secondary N) is 2. The SMILES string of the molecule is CN=C(NCCC(C)c1ccc(OC)cc1)NCCN(C)C(C)C. The third-order valence-corrected chi connectivity index (χ3v) is 4.42. The minimum absolute atomic E-state index is 0.494. The molecule has 1 rings (SSSR count). The highest BCUT2D eigenvalue weighted by Gasteiger charge is 2.07. The van der Waals surface area contributed by atoms with Crippen molar-refractivity contribution in [1.29, 1.82) is 0 Å². The maximum absolute atomic E-state index is 5.21. The number of hydrogen-bond donors (Lipinski definition) is 2. The molecule has 1 unspecified atom stereocenters. The lowest BCUT2D eigenvalue weighted by Gasteiger charge is -2.22. The predicted molar refractivity (Wildman–Crippen MR) is 103 cm³/mol. The number of hydrogen-bond acceptors (Lipinski definition) is 3. The van der Waals surface area contributed by atoms with Gasteiger partial charge in [0.15, 0.2) is 5.96 Å². The molecule has 5 heteroatoms. The zero-order chi connectivity index (χ0) is 17.9. The number of methoxy groups -OCH3 is 1. The van der Waals surface area contributed by atoms with E-state index < -0.39 is 0 Å². The Bertz CT molecular complexity index is 485. The van der Waals surface area contributed by atoms with Crippen LogP contribution in [0.25, 0.3) is 0 Å². The van der Waals surface area contributed by atoms with E-state index in [2.05, 4.69) is 60.5 Å². The Balaban J connectivity index is 2.30. The molecule has 2 N–H and O–H groups in total. The van der Waals surface area contributed by atoms with Crippen LogP contribution in [0, 0.1) is 0 Å². The summed E-state index contributed by atoms with van der Waals surface area (Å²) in [5.74, 6) is 2.27. The molecule has 24 heavy (non-hydrogen) atoms. The largest absolute Gasteiger partial charge is 0.497 e. The summed E-state index contributed by atoms with van der Waals surface area (Å²) in [6.07, 6.45) is 1.05. The number of aliphatic imine (C=N–C) groups is 1. The van der Waals surface area contributed by atoms with Crippen LogP contribution >= 0.6 is 0 Å². The van der Waals surface area contributed by atoms with E-state index in [-0.39, 0.29) is 0 Å². The molecular weight excluding hydrogens is 300 g/mol. The second-order valence-electron chi connectivity index (χ2n) is 6.46. The first-order chi connectivity index (χ1) is 11.5. The first-order valence-corrected chi connectivity index (χ1v) is 8.76. The normalized spacial score (nSPS) is 13.2. The highest BCUT2D eigenvalue weighted by atomic mass is 16.5. The lowest BCUT2D eigenvalue weighted by molar-refractivity contribution is 0.278. The van der Waals surface area contributed by atoms with Gasteiger partial charge in [-0.2, -0.15) is 0 Å². The molecule has 5 nitrogen and oxygen atoms in total. The summed E-state index contributed by atoms with van der Waals surface area (Å²) in [6, 6.07) is 8.87. The van der Waals surface area contributed by atoms with Crippen molar-refractivity contribution in [2.45, 2.75) is 39.2 Å². The summed E-state index contributed by atoms with van der Waals surface area (Å²) in [5, 5.41) is 6.76. The summed E-state index contributed by atoms with van der Waals surface area (Å²) in [6.45, 7) is 9.44. The van der Waals surface area contributed by atoms with Gasteiger partial charge in [0.1, 0.15) is 5.75 Å². The molecule has 0 heterocycles. The van der Waals surface area contributed by atoms with Crippen molar-refractivity contribution in [3.8, 4) is 5.75 Å². The molecule has 136 valence electrons. The van der Waals surface area contributed by atoms with E-state index in [1.165, 1.54) is 5.56 Å². The van der Waals surface area contributed by atoms with Gasteiger partial charge in [0, 0.05) is 32.7 Å². The van der Waals surface area contributed by atoms with E-state index in [0.29, 0.717) is 12.0 Å². The third kappa shape index (κ3) is 7.21. The molecule has 0 radical (unpaired) electrons. The Morgan fingerprint density at radius 2 is 1.75 bits per heavy atom. The van der Waals surface area contributed by atoms with Gasteiger partial charge in [0.05, 0.1) is 7.11 Å². The smallest absolute Gasteiger partial charge is 0.191 e. The number of benzene rings is 1. The van der Waals surface area contributed by atoms with Crippen molar-refractivity contribution in [3.05, 3.63) is 29.8 Å². The van der Waals surface area contributed by atoms with Crippen LogP contribution < -0.4 is 15.4 Å². The number of likely N-dealkylation sites (N-methyl/N-ethyl adjacent to an activating group) is 1. The molecule has 0 fully saturated rings. The van der Waals surface area contributed by atoms with Gasteiger partial charge in [-0.3, -0.25) is 4.99 Å². The molecule has 0 aliphatic heterocycles.